The van der Waals surface area contributed by atoms with Crippen molar-refractivity contribution < 1.29 is 33.8 Å². The van der Waals surface area contributed by atoms with Crippen molar-refractivity contribution in [3.05, 3.63) is 5.69 Å². The molecule has 8 N–H and O–H groups in total. The first-order valence-electron chi connectivity index (χ1n) is 5.48. The quantitative estimate of drug-likeness (QED) is 0.242. The molecule has 0 spiro atoms. The van der Waals surface area contributed by atoms with Crippen LogP contribution in [0.2, 0.25) is 0 Å². The summed E-state index contributed by atoms with van der Waals surface area (Å²) in [4.78, 5) is 35.7. The van der Waals surface area contributed by atoms with Crippen molar-refractivity contribution >= 4 is 21.0 Å². The molecule has 0 amide bonds. The third kappa shape index (κ3) is 3.64. The Morgan fingerprint density at radius 2 is 1.70 bits per heavy atom. The molecule has 0 saturated heterocycles. The van der Waals surface area contributed by atoms with Gasteiger partial charge < -0.3 is 30.4 Å². The summed E-state index contributed by atoms with van der Waals surface area (Å²) in [5.74, 6) is 0.241. The first-order valence-corrected chi connectivity index (χ1v) is 8.70. The van der Waals surface area contributed by atoms with Crippen LogP contribution >= 0.6 is 15.2 Å². The van der Waals surface area contributed by atoms with Crippen LogP contribution < -0.4 is 5.73 Å². The molecule has 0 saturated carbocycles. The van der Waals surface area contributed by atoms with Gasteiger partial charge in [0.25, 0.3) is 5.08 Å². The van der Waals surface area contributed by atoms with E-state index in [2.05, 4.69) is 15.4 Å². The largest absolute Gasteiger partial charge is 0.383 e. The number of aliphatic hydroxyl groups is 1. The topological polar surface area (TPSA) is 203 Å². The Labute approximate surface area is 113 Å². The number of unbranched alkanes of at least 4 members (excludes halogenated alkanes) is 1. The zero-order chi connectivity index (χ0) is 15.6. The van der Waals surface area contributed by atoms with Crippen molar-refractivity contribution in [2.24, 2.45) is 0 Å². The van der Waals surface area contributed by atoms with Gasteiger partial charge in [0, 0.05) is 0 Å². The number of nitrogens with one attached hydrogen (secondary N) is 1. The molecule has 1 rings (SSSR count). The van der Waals surface area contributed by atoms with E-state index in [0.717, 1.165) is 0 Å². The number of aromatic nitrogens is 3. The van der Waals surface area contributed by atoms with E-state index in [1.165, 1.54) is 0 Å². The Morgan fingerprint density at radius 1 is 1.15 bits per heavy atom. The smallest absolute Gasteiger partial charge is 0.369 e. The molecule has 0 aromatic carbocycles. The van der Waals surface area contributed by atoms with Crippen LogP contribution in [-0.4, -0.2) is 45.2 Å². The normalized spacial score (nSPS) is 13.7. The summed E-state index contributed by atoms with van der Waals surface area (Å²) in [6.45, 7) is 0. The number of nitrogen functional groups attached to an aromatic ring is 1. The molecule has 0 aliphatic heterocycles. The number of aromatic amines is 1. The average Bonchev–Trinajstić information content (AvgIpc) is 2.67. The predicted octanol–water partition coefficient (Wildman–Crippen LogP) is -0.899. The van der Waals surface area contributed by atoms with Gasteiger partial charge in [0.2, 0.25) is 0 Å². The first-order chi connectivity index (χ1) is 8.99. The van der Waals surface area contributed by atoms with Crippen LogP contribution in [0.25, 0.3) is 0 Å². The molecule has 0 radical (unpaired) electrons. The van der Waals surface area contributed by atoms with Gasteiger partial charge >= 0.3 is 15.2 Å². The molecule has 1 aromatic heterocycles. The molecule has 0 aliphatic rings. The summed E-state index contributed by atoms with van der Waals surface area (Å²) in [6, 6.07) is 0. The summed E-state index contributed by atoms with van der Waals surface area (Å²) in [5, 5.41) is 15.7. The number of H-pyrrole nitrogens is 1. The van der Waals surface area contributed by atoms with Gasteiger partial charge in [-0.2, -0.15) is 0 Å². The maximum Gasteiger partial charge on any atom is 0.369 e. The van der Waals surface area contributed by atoms with E-state index in [1.807, 2.05) is 0 Å². The summed E-state index contributed by atoms with van der Waals surface area (Å²) in [7, 11) is -10.8. The molecule has 0 aliphatic carbocycles. The average molecular weight is 330 g/mol. The molecule has 0 fully saturated rings. The molecule has 11 nitrogen and oxygen atoms in total. The van der Waals surface area contributed by atoms with Crippen LogP contribution in [0.4, 0.5) is 5.82 Å². The van der Waals surface area contributed by atoms with Crippen LogP contribution in [0.5, 0.6) is 0 Å². The lowest BCUT2D eigenvalue weighted by Gasteiger charge is -2.29. The highest BCUT2D eigenvalue weighted by Gasteiger charge is 2.58. The number of aryl methyl sites for hydroxylation is 1. The molecule has 20 heavy (non-hydrogen) atoms. The lowest BCUT2D eigenvalue weighted by Crippen LogP contribution is -2.28. The number of nitrogens with zero attached hydrogens (tertiary/aromatic N) is 2. The van der Waals surface area contributed by atoms with Crippen molar-refractivity contribution in [1.82, 2.24) is 15.4 Å². The van der Waals surface area contributed by atoms with E-state index >= 15 is 0 Å². The molecule has 0 atom stereocenters. The second kappa shape index (κ2) is 5.90. The Hall–Kier alpha value is -0.800. The molecule has 0 bridgehead atoms. The van der Waals surface area contributed by atoms with Gasteiger partial charge in [-0.1, -0.05) is 5.21 Å². The summed E-state index contributed by atoms with van der Waals surface area (Å²) < 4.78 is 22.2. The monoisotopic (exact) mass is 330 g/mol. The van der Waals surface area contributed by atoms with Crippen LogP contribution in [0.15, 0.2) is 0 Å². The zero-order valence-corrected chi connectivity index (χ0v) is 12.0. The molecule has 1 aromatic rings. The Kier molecular flexibility index (Phi) is 5.09. The molecule has 1 heterocycles. The maximum atomic E-state index is 11.1. The van der Waals surface area contributed by atoms with E-state index in [4.69, 9.17) is 25.3 Å². The minimum absolute atomic E-state index is 0.0426. The predicted molar refractivity (Wildman–Crippen MR) is 67.4 cm³/mol. The summed E-state index contributed by atoms with van der Waals surface area (Å²) in [5.41, 5.74) is 5.90. The second-order valence-electron chi connectivity index (χ2n) is 4.24. The zero-order valence-electron chi connectivity index (χ0n) is 10.2. The van der Waals surface area contributed by atoms with Crippen LogP contribution in [-0.2, 0) is 15.6 Å². The van der Waals surface area contributed by atoms with Crippen LogP contribution in [0.3, 0.4) is 0 Å². The third-order valence-corrected chi connectivity index (χ3v) is 6.64. The van der Waals surface area contributed by atoms with Gasteiger partial charge in [0.1, 0.15) is 11.5 Å². The van der Waals surface area contributed by atoms with Crippen molar-refractivity contribution in [2.75, 3.05) is 5.73 Å². The number of hydrogen-bond donors (Lipinski definition) is 7. The highest BCUT2D eigenvalue weighted by atomic mass is 31.2. The fourth-order valence-electron chi connectivity index (χ4n) is 1.56. The molecule has 13 heteroatoms. The van der Waals surface area contributed by atoms with Crippen molar-refractivity contribution in [2.45, 2.75) is 30.8 Å². The number of hydrogen-bond acceptors (Lipinski definition) is 6. The highest BCUT2D eigenvalue weighted by Crippen LogP contribution is 2.69. The maximum absolute atomic E-state index is 11.1. The summed E-state index contributed by atoms with van der Waals surface area (Å²) in [6.07, 6.45) is -0.238. The fourth-order valence-corrected chi connectivity index (χ4v) is 3.81. The standard InChI is InChI=1S/C7H16N4O7P2/c8-6-5(9-11-10-6)3-1-2-4-7(12,19(13,14)15)20(16,17)18/h12H,1-4H2,(H2,13,14,15)(H2,16,17,18)(H3,8,9,10,11). The molecule has 0 unspecified atom stereocenters. The SMILES string of the molecule is Nc1[nH]nnc1CCCCC(O)(P(=O)(O)O)P(=O)(O)O. The van der Waals surface area contributed by atoms with Crippen LogP contribution in [0.1, 0.15) is 25.0 Å². The van der Waals surface area contributed by atoms with Gasteiger partial charge in [-0.15, -0.1) is 5.10 Å². The number of anilines is 1. The minimum Gasteiger partial charge on any atom is -0.383 e. The highest BCUT2D eigenvalue weighted by molar-refractivity contribution is 7.72. The Bertz CT molecular complexity index is 527. The lowest BCUT2D eigenvalue weighted by molar-refractivity contribution is 0.120. The van der Waals surface area contributed by atoms with Crippen molar-refractivity contribution in [3.8, 4) is 0 Å². The van der Waals surface area contributed by atoms with Gasteiger partial charge in [0.05, 0.1) is 0 Å². The van der Waals surface area contributed by atoms with Crippen LogP contribution in [0, 0.1) is 0 Å². The molecular weight excluding hydrogens is 314 g/mol. The van der Waals surface area contributed by atoms with E-state index in [0.29, 0.717) is 12.1 Å². The Morgan fingerprint density at radius 3 is 2.10 bits per heavy atom. The molecule has 116 valence electrons. The van der Waals surface area contributed by atoms with E-state index in [-0.39, 0.29) is 18.7 Å². The third-order valence-electron chi connectivity index (χ3n) is 2.76. The van der Waals surface area contributed by atoms with Crippen molar-refractivity contribution in [1.29, 1.82) is 0 Å². The molecular formula is C7H16N4O7P2. The fraction of sp³-hybridized carbons (Fsp3) is 0.714. The number of nitrogens with two attached hydrogens (primary N) is 1. The lowest BCUT2D eigenvalue weighted by atomic mass is 10.1. The van der Waals surface area contributed by atoms with E-state index < -0.39 is 26.7 Å². The van der Waals surface area contributed by atoms with Gasteiger partial charge in [0.15, 0.2) is 0 Å². The number of rotatable bonds is 7. The summed E-state index contributed by atoms with van der Waals surface area (Å²) >= 11 is 0. The van der Waals surface area contributed by atoms with E-state index in [1.54, 1.807) is 0 Å². The second-order valence-corrected chi connectivity index (χ2v) is 8.25. The van der Waals surface area contributed by atoms with Gasteiger partial charge in [-0.25, -0.2) is 5.10 Å². The van der Waals surface area contributed by atoms with Gasteiger partial charge in [-0.3, -0.25) is 9.13 Å². The Balaban J connectivity index is 2.64. The van der Waals surface area contributed by atoms with Crippen molar-refractivity contribution in [3.63, 3.8) is 0 Å². The first kappa shape index (κ1) is 17.3. The minimum atomic E-state index is -5.39. The van der Waals surface area contributed by atoms with E-state index in [9.17, 15) is 14.2 Å². The van der Waals surface area contributed by atoms with Gasteiger partial charge in [-0.05, 0) is 25.7 Å².